The summed E-state index contributed by atoms with van der Waals surface area (Å²) < 4.78 is 10.6. The number of amides is 1. The zero-order valence-electron chi connectivity index (χ0n) is 12.7. The molecule has 0 radical (unpaired) electrons. The minimum absolute atomic E-state index is 0.129. The van der Waals surface area contributed by atoms with Crippen molar-refractivity contribution < 1.29 is 13.9 Å². The highest BCUT2D eigenvalue weighted by Crippen LogP contribution is 2.22. The molecule has 0 fully saturated rings. The van der Waals surface area contributed by atoms with E-state index in [0.717, 1.165) is 5.56 Å². The number of furan rings is 1. The normalized spacial score (nSPS) is 12.0. The van der Waals surface area contributed by atoms with Crippen molar-refractivity contribution in [3.8, 4) is 11.1 Å². The van der Waals surface area contributed by atoms with Crippen molar-refractivity contribution in [1.82, 2.24) is 5.32 Å². The lowest BCUT2D eigenvalue weighted by molar-refractivity contribution is 0.0738. The Hall–Kier alpha value is -2.37. The van der Waals surface area contributed by atoms with Gasteiger partial charge < -0.3 is 14.5 Å². The average molecular weight is 327 g/mol. The lowest BCUT2D eigenvalue weighted by atomic mass is 10.1. The molecule has 1 aromatic carbocycles. The van der Waals surface area contributed by atoms with Crippen LogP contribution in [0.1, 0.15) is 22.2 Å². The standard InChI is InChI=1S/C18H17NO3S/c1-21-17(16-3-2-9-22-16)11-19-18(20)14-6-4-13(5-7-14)15-8-10-23-12-15/h2-10,12,17H,11H2,1H3,(H,19,20)/t17-/m0/s1. The van der Waals surface area contributed by atoms with Crippen LogP contribution in [0, 0.1) is 0 Å². The second-order valence-electron chi connectivity index (χ2n) is 5.04. The number of thiophene rings is 1. The van der Waals surface area contributed by atoms with Gasteiger partial charge in [-0.1, -0.05) is 12.1 Å². The first-order valence-corrected chi connectivity index (χ1v) is 8.19. The van der Waals surface area contributed by atoms with E-state index >= 15 is 0 Å². The lowest BCUT2D eigenvalue weighted by Gasteiger charge is -2.13. The highest BCUT2D eigenvalue weighted by Gasteiger charge is 2.15. The van der Waals surface area contributed by atoms with Crippen molar-refractivity contribution in [3.05, 3.63) is 70.8 Å². The van der Waals surface area contributed by atoms with Crippen molar-refractivity contribution in [2.75, 3.05) is 13.7 Å². The molecular weight excluding hydrogens is 310 g/mol. The third kappa shape index (κ3) is 3.70. The van der Waals surface area contributed by atoms with Crippen LogP contribution in [-0.4, -0.2) is 19.6 Å². The maximum atomic E-state index is 12.2. The molecule has 4 nitrogen and oxygen atoms in total. The van der Waals surface area contributed by atoms with E-state index in [0.29, 0.717) is 17.9 Å². The zero-order valence-corrected chi connectivity index (χ0v) is 13.5. The van der Waals surface area contributed by atoms with E-state index < -0.39 is 0 Å². The van der Waals surface area contributed by atoms with Crippen LogP contribution in [-0.2, 0) is 4.74 Å². The molecule has 3 aromatic rings. The van der Waals surface area contributed by atoms with Gasteiger partial charge in [0.15, 0.2) is 0 Å². The average Bonchev–Trinajstić information content (AvgIpc) is 3.29. The summed E-state index contributed by atoms with van der Waals surface area (Å²) in [5.74, 6) is 0.566. The highest BCUT2D eigenvalue weighted by molar-refractivity contribution is 7.08. The molecule has 0 aliphatic carbocycles. The topological polar surface area (TPSA) is 51.5 Å². The predicted molar refractivity (Wildman–Crippen MR) is 90.5 cm³/mol. The van der Waals surface area contributed by atoms with Crippen LogP contribution in [0.3, 0.4) is 0 Å². The van der Waals surface area contributed by atoms with Crippen molar-refractivity contribution in [1.29, 1.82) is 0 Å². The summed E-state index contributed by atoms with van der Waals surface area (Å²) >= 11 is 1.66. The summed E-state index contributed by atoms with van der Waals surface area (Å²) in [4.78, 5) is 12.2. The van der Waals surface area contributed by atoms with Crippen molar-refractivity contribution in [3.63, 3.8) is 0 Å². The highest BCUT2D eigenvalue weighted by atomic mass is 32.1. The van der Waals surface area contributed by atoms with E-state index in [1.165, 1.54) is 5.56 Å². The minimum Gasteiger partial charge on any atom is -0.467 e. The quantitative estimate of drug-likeness (QED) is 0.741. The van der Waals surface area contributed by atoms with Gasteiger partial charge in [0.1, 0.15) is 11.9 Å². The molecule has 0 aliphatic heterocycles. The van der Waals surface area contributed by atoms with E-state index in [1.807, 2.05) is 35.7 Å². The Labute approximate surface area is 138 Å². The Morgan fingerprint density at radius 3 is 2.65 bits per heavy atom. The fourth-order valence-corrected chi connectivity index (χ4v) is 2.97. The van der Waals surface area contributed by atoms with Crippen LogP contribution >= 0.6 is 11.3 Å². The van der Waals surface area contributed by atoms with E-state index in [-0.39, 0.29) is 12.0 Å². The monoisotopic (exact) mass is 327 g/mol. The van der Waals surface area contributed by atoms with E-state index in [4.69, 9.17) is 9.15 Å². The Bertz CT molecular complexity index is 733. The molecule has 2 heterocycles. The first kappa shape index (κ1) is 15.5. The molecule has 0 bridgehead atoms. The van der Waals surface area contributed by atoms with Gasteiger partial charge in [-0.25, -0.2) is 0 Å². The molecule has 1 N–H and O–H groups in total. The molecule has 2 aromatic heterocycles. The molecule has 23 heavy (non-hydrogen) atoms. The number of carbonyl (C=O) groups excluding carboxylic acids is 1. The first-order valence-electron chi connectivity index (χ1n) is 7.25. The van der Waals surface area contributed by atoms with Crippen LogP contribution in [0.5, 0.6) is 0 Å². The van der Waals surface area contributed by atoms with Gasteiger partial charge in [0.2, 0.25) is 0 Å². The van der Waals surface area contributed by atoms with Gasteiger partial charge >= 0.3 is 0 Å². The Kier molecular flexibility index (Phi) is 4.90. The summed E-state index contributed by atoms with van der Waals surface area (Å²) in [7, 11) is 1.59. The second-order valence-corrected chi connectivity index (χ2v) is 5.82. The molecule has 0 aliphatic rings. The Morgan fingerprint density at radius 1 is 1.22 bits per heavy atom. The predicted octanol–water partition coefficient (Wildman–Crippen LogP) is 4.13. The largest absolute Gasteiger partial charge is 0.467 e. The second kappa shape index (κ2) is 7.26. The first-order chi connectivity index (χ1) is 11.3. The number of rotatable bonds is 6. The lowest BCUT2D eigenvalue weighted by Crippen LogP contribution is -2.28. The maximum Gasteiger partial charge on any atom is 0.251 e. The molecule has 0 unspecified atom stereocenters. The van der Waals surface area contributed by atoms with Gasteiger partial charge in [0.05, 0.1) is 12.8 Å². The van der Waals surface area contributed by atoms with Crippen LogP contribution < -0.4 is 5.32 Å². The third-order valence-corrected chi connectivity index (χ3v) is 4.28. The van der Waals surface area contributed by atoms with Crippen molar-refractivity contribution in [2.45, 2.75) is 6.10 Å². The van der Waals surface area contributed by atoms with Crippen molar-refractivity contribution in [2.24, 2.45) is 0 Å². The number of hydrogen-bond donors (Lipinski definition) is 1. The molecule has 3 rings (SSSR count). The number of nitrogens with one attached hydrogen (secondary N) is 1. The van der Waals surface area contributed by atoms with Gasteiger partial charge in [0.25, 0.3) is 5.91 Å². The molecule has 5 heteroatoms. The smallest absolute Gasteiger partial charge is 0.251 e. The van der Waals surface area contributed by atoms with E-state index in [2.05, 4.69) is 16.8 Å². The molecule has 0 spiro atoms. The number of methoxy groups -OCH3 is 1. The third-order valence-electron chi connectivity index (χ3n) is 3.59. The molecular formula is C18H17NO3S. The number of carbonyl (C=O) groups is 1. The fourth-order valence-electron chi connectivity index (χ4n) is 2.30. The summed E-state index contributed by atoms with van der Waals surface area (Å²) in [6.45, 7) is 0.356. The molecule has 1 amide bonds. The Balaban J connectivity index is 1.62. The minimum atomic E-state index is -0.293. The number of ether oxygens (including phenoxy) is 1. The number of benzene rings is 1. The SMILES string of the molecule is CO[C@@H](CNC(=O)c1ccc(-c2ccsc2)cc1)c1ccco1. The van der Waals surface area contributed by atoms with Gasteiger partial charge in [-0.15, -0.1) is 0 Å². The van der Waals surface area contributed by atoms with Gasteiger partial charge in [-0.3, -0.25) is 4.79 Å². The van der Waals surface area contributed by atoms with Gasteiger partial charge in [0, 0.05) is 12.7 Å². The summed E-state index contributed by atoms with van der Waals surface area (Å²) in [6, 6.07) is 13.3. The Morgan fingerprint density at radius 2 is 2.04 bits per heavy atom. The molecule has 0 saturated carbocycles. The molecule has 0 saturated heterocycles. The molecule has 1 atom stereocenters. The van der Waals surface area contributed by atoms with E-state index in [1.54, 1.807) is 30.8 Å². The van der Waals surface area contributed by atoms with Crippen LogP contribution in [0.25, 0.3) is 11.1 Å². The number of hydrogen-bond acceptors (Lipinski definition) is 4. The van der Waals surface area contributed by atoms with Gasteiger partial charge in [-0.05, 0) is 52.2 Å². The van der Waals surface area contributed by atoms with Crippen LogP contribution in [0.4, 0.5) is 0 Å². The zero-order chi connectivity index (χ0) is 16.1. The summed E-state index contributed by atoms with van der Waals surface area (Å²) in [5, 5.41) is 6.99. The van der Waals surface area contributed by atoms with Crippen molar-refractivity contribution >= 4 is 17.2 Å². The molecule has 118 valence electrons. The van der Waals surface area contributed by atoms with Crippen LogP contribution in [0.15, 0.2) is 63.9 Å². The summed E-state index contributed by atoms with van der Waals surface area (Å²) in [6.07, 6.45) is 1.30. The maximum absolute atomic E-state index is 12.2. The van der Waals surface area contributed by atoms with Gasteiger partial charge in [-0.2, -0.15) is 11.3 Å². The fraction of sp³-hybridized carbons (Fsp3) is 0.167. The van der Waals surface area contributed by atoms with Crippen LogP contribution in [0.2, 0.25) is 0 Å². The van der Waals surface area contributed by atoms with E-state index in [9.17, 15) is 4.79 Å². The summed E-state index contributed by atoms with van der Waals surface area (Å²) in [5.41, 5.74) is 2.89.